The van der Waals surface area contributed by atoms with E-state index in [1.807, 2.05) is 0 Å². The number of hydrazone groups is 1. The molecule has 16 heavy (non-hydrogen) atoms. The second kappa shape index (κ2) is 4.28. The van der Waals surface area contributed by atoms with Gasteiger partial charge in [-0.05, 0) is 19.1 Å². The number of nitrogens with one attached hydrogen (secondary N) is 1. The molecule has 0 aromatic carbocycles. The van der Waals surface area contributed by atoms with Crippen LogP contribution < -0.4 is 5.43 Å². The number of nitrogens with zero attached hydrogens (tertiary/aromatic N) is 4. The van der Waals surface area contributed by atoms with E-state index >= 15 is 0 Å². The van der Waals surface area contributed by atoms with E-state index in [9.17, 15) is 4.79 Å². The molecule has 2 aromatic heterocycles. The number of fused-ring (bicyclic) bond motifs is 1. The highest BCUT2D eigenvalue weighted by molar-refractivity contribution is 6.33. The number of hydrogen-bond acceptors (Lipinski definition) is 4. The van der Waals surface area contributed by atoms with Gasteiger partial charge in [0.25, 0.3) is 0 Å². The summed E-state index contributed by atoms with van der Waals surface area (Å²) in [5, 5.41) is 11.6. The van der Waals surface area contributed by atoms with E-state index in [0.717, 1.165) is 0 Å². The minimum atomic E-state index is -0.437. The number of amides is 1. The van der Waals surface area contributed by atoms with Crippen LogP contribution in [0.1, 0.15) is 17.5 Å². The van der Waals surface area contributed by atoms with Crippen LogP contribution in [0.3, 0.4) is 0 Å². The van der Waals surface area contributed by atoms with Gasteiger partial charge in [-0.1, -0.05) is 11.6 Å². The van der Waals surface area contributed by atoms with Crippen molar-refractivity contribution in [3.05, 3.63) is 29.2 Å². The Morgan fingerprint density at radius 3 is 3.19 bits per heavy atom. The highest BCUT2D eigenvalue weighted by Gasteiger charge is 2.14. The summed E-state index contributed by atoms with van der Waals surface area (Å²) in [5.41, 5.74) is 2.75. The molecule has 2 aromatic rings. The summed E-state index contributed by atoms with van der Waals surface area (Å²) in [4.78, 5) is 11.6. The molecule has 2 heterocycles. The normalized spacial score (nSPS) is 11.1. The Kier molecular flexibility index (Phi) is 2.82. The first-order chi connectivity index (χ1) is 7.74. The zero-order valence-electron chi connectivity index (χ0n) is 8.38. The molecule has 2 rings (SSSR count). The van der Waals surface area contributed by atoms with Crippen LogP contribution in [0.5, 0.6) is 0 Å². The molecular formula is C9H8ClN5O. The van der Waals surface area contributed by atoms with E-state index in [4.69, 9.17) is 11.6 Å². The average molecular weight is 238 g/mol. The second-order valence-corrected chi connectivity index (χ2v) is 3.31. The maximum Gasteiger partial charge on any atom is 0.309 e. The van der Waals surface area contributed by atoms with Gasteiger partial charge < -0.3 is 0 Å². The van der Waals surface area contributed by atoms with Crippen molar-refractivity contribution in [2.24, 2.45) is 5.10 Å². The number of carbonyl (C=O) groups excluding carboxylic acids is 1. The van der Waals surface area contributed by atoms with E-state index in [0.29, 0.717) is 10.7 Å². The SMILES string of the molecule is CC=NNC(=O)c1nnc2c(Cl)cccn12. The molecule has 1 amide bonds. The average Bonchev–Trinajstić information content (AvgIpc) is 2.71. The fraction of sp³-hybridized carbons (Fsp3) is 0.111. The summed E-state index contributed by atoms with van der Waals surface area (Å²) in [6.45, 7) is 1.69. The van der Waals surface area contributed by atoms with Gasteiger partial charge in [-0.25, -0.2) is 5.43 Å². The van der Waals surface area contributed by atoms with Gasteiger partial charge in [-0.15, -0.1) is 10.2 Å². The van der Waals surface area contributed by atoms with E-state index in [-0.39, 0.29) is 5.82 Å². The lowest BCUT2D eigenvalue weighted by atomic mass is 10.4. The zero-order chi connectivity index (χ0) is 11.5. The topological polar surface area (TPSA) is 71.7 Å². The van der Waals surface area contributed by atoms with Crippen LogP contribution in [0.2, 0.25) is 5.02 Å². The minimum absolute atomic E-state index is 0.142. The monoisotopic (exact) mass is 237 g/mol. The lowest BCUT2D eigenvalue weighted by Crippen LogP contribution is -2.20. The Labute approximate surface area is 95.9 Å². The van der Waals surface area contributed by atoms with Crippen molar-refractivity contribution in [1.29, 1.82) is 0 Å². The molecule has 0 unspecified atom stereocenters. The van der Waals surface area contributed by atoms with Crippen LogP contribution in [-0.4, -0.2) is 26.7 Å². The van der Waals surface area contributed by atoms with E-state index < -0.39 is 5.91 Å². The molecule has 1 N–H and O–H groups in total. The van der Waals surface area contributed by atoms with Gasteiger partial charge >= 0.3 is 5.91 Å². The molecule has 0 atom stereocenters. The summed E-state index contributed by atoms with van der Waals surface area (Å²) in [5.74, 6) is -0.295. The molecule has 0 saturated heterocycles. The fourth-order valence-corrected chi connectivity index (χ4v) is 1.41. The summed E-state index contributed by atoms with van der Waals surface area (Å²) in [6, 6.07) is 3.38. The molecule has 82 valence electrons. The molecule has 6 nitrogen and oxygen atoms in total. The molecule has 0 saturated carbocycles. The van der Waals surface area contributed by atoms with Gasteiger partial charge in [0.1, 0.15) is 0 Å². The smallest absolute Gasteiger partial charge is 0.277 e. The maximum atomic E-state index is 11.6. The largest absolute Gasteiger partial charge is 0.309 e. The Bertz CT molecular complexity index is 562. The van der Waals surface area contributed by atoms with Crippen molar-refractivity contribution >= 4 is 29.4 Å². The number of pyridine rings is 1. The molecule has 7 heteroatoms. The van der Waals surface area contributed by atoms with Crippen LogP contribution in [0, 0.1) is 0 Å². The first kappa shape index (κ1) is 10.6. The van der Waals surface area contributed by atoms with Gasteiger partial charge in [-0.3, -0.25) is 9.20 Å². The first-order valence-electron chi connectivity index (χ1n) is 4.51. The molecule has 0 aliphatic heterocycles. The number of carbonyl (C=O) groups is 1. The van der Waals surface area contributed by atoms with Crippen molar-refractivity contribution in [2.75, 3.05) is 0 Å². The molecule has 0 aliphatic rings. The van der Waals surface area contributed by atoms with Crippen LogP contribution in [0.25, 0.3) is 5.65 Å². The Morgan fingerprint density at radius 2 is 2.44 bits per heavy atom. The quantitative estimate of drug-likeness (QED) is 0.628. The number of aromatic nitrogens is 3. The third kappa shape index (κ3) is 1.74. The number of rotatable bonds is 2. The van der Waals surface area contributed by atoms with Crippen molar-refractivity contribution in [1.82, 2.24) is 20.0 Å². The molecular weight excluding hydrogens is 230 g/mol. The highest BCUT2D eigenvalue weighted by Crippen LogP contribution is 2.15. The maximum absolute atomic E-state index is 11.6. The van der Waals surface area contributed by atoms with Crippen LogP contribution in [0.4, 0.5) is 0 Å². The number of hydrogen-bond donors (Lipinski definition) is 1. The van der Waals surface area contributed by atoms with Crippen LogP contribution >= 0.6 is 11.6 Å². The molecule has 0 radical (unpaired) electrons. The van der Waals surface area contributed by atoms with Gasteiger partial charge in [0, 0.05) is 12.4 Å². The highest BCUT2D eigenvalue weighted by atomic mass is 35.5. The summed E-state index contributed by atoms with van der Waals surface area (Å²) >= 11 is 5.89. The van der Waals surface area contributed by atoms with E-state index in [1.165, 1.54) is 10.6 Å². The molecule has 0 spiro atoms. The Hall–Kier alpha value is -1.95. The lowest BCUT2D eigenvalue weighted by molar-refractivity contribution is 0.0943. The third-order valence-electron chi connectivity index (χ3n) is 1.89. The summed E-state index contributed by atoms with van der Waals surface area (Å²) < 4.78 is 1.50. The van der Waals surface area contributed by atoms with Gasteiger partial charge in [0.05, 0.1) is 5.02 Å². The summed E-state index contributed by atoms with van der Waals surface area (Å²) in [6.07, 6.45) is 3.12. The standard InChI is InChI=1S/C9H8ClN5O/c1-2-11-14-9(16)8-13-12-7-6(10)4-3-5-15(7)8/h2-5H,1H3,(H,14,16). The fourth-order valence-electron chi connectivity index (χ4n) is 1.21. The van der Waals surface area contributed by atoms with Crippen molar-refractivity contribution in [3.63, 3.8) is 0 Å². The van der Waals surface area contributed by atoms with E-state index in [1.54, 1.807) is 25.3 Å². The van der Waals surface area contributed by atoms with E-state index in [2.05, 4.69) is 20.7 Å². The lowest BCUT2D eigenvalue weighted by Gasteiger charge is -1.98. The van der Waals surface area contributed by atoms with Crippen molar-refractivity contribution < 1.29 is 4.79 Å². The van der Waals surface area contributed by atoms with Crippen LogP contribution in [0.15, 0.2) is 23.4 Å². The summed E-state index contributed by atoms with van der Waals surface area (Å²) in [7, 11) is 0. The van der Waals surface area contributed by atoms with Crippen LogP contribution in [-0.2, 0) is 0 Å². The van der Waals surface area contributed by atoms with Crippen molar-refractivity contribution in [2.45, 2.75) is 6.92 Å². The molecule has 0 bridgehead atoms. The third-order valence-corrected chi connectivity index (χ3v) is 2.18. The Balaban J connectivity index is 2.46. The predicted octanol–water partition coefficient (Wildman–Crippen LogP) is 1.12. The minimum Gasteiger partial charge on any atom is -0.277 e. The van der Waals surface area contributed by atoms with Crippen molar-refractivity contribution in [3.8, 4) is 0 Å². The van der Waals surface area contributed by atoms with Gasteiger partial charge in [-0.2, -0.15) is 5.10 Å². The van der Waals surface area contributed by atoms with Gasteiger partial charge in [0.2, 0.25) is 5.82 Å². The van der Waals surface area contributed by atoms with Gasteiger partial charge in [0.15, 0.2) is 5.65 Å². The number of halogens is 1. The first-order valence-corrected chi connectivity index (χ1v) is 4.89. The second-order valence-electron chi connectivity index (χ2n) is 2.90. The molecule has 0 fully saturated rings. The zero-order valence-corrected chi connectivity index (χ0v) is 9.14. The Morgan fingerprint density at radius 1 is 1.62 bits per heavy atom. The molecule has 0 aliphatic carbocycles. The predicted molar refractivity (Wildman–Crippen MR) is 59.6 cm³/mol.